The molecule has 7 nitrogen and oxygen atoms in total. The molecule has 2 rings (SSSR count). The first-order valence-corrected chi connectivity index (χ1v) is 8.69. The van der Waals surface area contributed by atoms with Crippen molar-refractivity contribution in [2.24, 2.45) is 0 Å². The van der Waals surface area contributed by atoms with Crippen LogP contribution in [0.5, 0.6) is 0 Å². The van der Waals surface area contributed by atoms with Crippen molar-refractivity contribution in [1.82, 2.24) is 9.03 Å². The molecule has 1 aromatic heterocycles. The molecule has 1 aliphatic carbocycles. The quantitative estimate of drug-likeness (QED) is 0.800. The molecule has 0 unspecified atom stereocenters. The summed E-state index contributed by atoms with van der Waals surface area (Å²) < 4.78 is 38.4. The lowest BCUT2D eigenvalue weighted by Crippen LogP contribution is -2.42. The Morgan fingerprint density at radius 3 is 2.68 bits per heavy atom. The van der Waals surface area contributed by atoms with E-state index in [1.807, 2.05) is 0 Å². The monoisotopic (exact) mass is 330 g/mol. The molecule has 1 N–H and O–H groups in total. The molecule has 8 heteroatoms. The van der Waals surface area contributed by atoms with Crippen molar-refractivity contribution >= 4 is 16.2 Å². The Morgan fingerprint density at radius 2 is 2.09 bits per heavy atom. The van der Waals surface area contributed by atoms with Gasteiger partial charge in [-0.3, -0.25) is 0 Å². The van der Waals surface area contributed by atoms with Crippen LogP contribution in [0.2, 0.25) is 0 Å². The zero-order valence-corrected chi connectivity index (χ0v) is 13.9. The lowest BCUT2D eigenvalue weighted by molar-refractivity contribution is 0.0563. The van der Waals surface area contributed by atoms with Crippen molar-refractivity contribution in [1.29, 1.82) is 0 Å². The number of hydrogen-bond acceptors (Lipinski definition) is 5. The molecule has 0 atom stereocenters. The third kappa shape index (κ3) is 3.68. The van der Waals surface area contributed by atoms with Crippen LogP contribution < -0.4 is 4.72 Å². The highest BCUT2D eigenvalue weighted by atomic mass is 32.2. The van der Waals surface area contributed by atoms with E-state index in [2.05, 4.69) is 9.46 Å². The van der Waals surface area contributed by atoms with E-state index in [0.717, 1.165) is 25.7 Å². The van der Waals surface area contributed by atoms with Gasteiger partial charge >= 0.3 is 5.97 Å². The van der Waals surface area contributed by atoms with Gasteiger partial charge in [-0.2, -0.15) is 17.4 Å². The first-order chi connectivity index (χ1) is 10.3. The molecule has 0 aliphatic heterocycles. The summed E-state index contributed by atoms with van der Waals surface area (Å²) in [5.74, 6) is -0.0229. The number of nitrogens with one attached hydrogen (secondary N) is 1. The first-order valence-electron chi connectivity index (χ1n) is 7.25. The van der Waals surface area contributed by atoms with Crippen LogP contribution in [0, 0.1) is 6.92 Å². The molecule has 0 spiro atoms. The van der Waals surface area contributed by atoms with E-state index in [9.17, 15) is 13.2 Å². The van der Waals surface area contributed by atoms with Crippen molar-refractivity contribution in [2.45, 2.75) is 45.2 Å². The second-order valence-corrected chi connectivity index (χ2v) is 7.28. The fourth-order valence-electron chi connectivity index (χ4n) is 2.63. The molecular weight excluding hydrogens is 308 g/mol. The van der Waals surface area contributed by atoms with Gasteiger partial charge in [0, 0.05) is 25.2 Å². The van der Waals surface area contributed by atoms with E-state index < -0.39 is 16.2 Å². The number of ether oxygens (including phenoxy) is 1. The maximum atomic E-state index is 12.3. The van der Waals surface area contributed by atoms with Gasteiger partial charge in [-0.05, 0) is 25.8 Å². The molecule has 0 aromatic carbocycles. The Balaban J connectivity index is 2.02. The Kier molecular flexibility index (Phi) is 5.25. The molecule has 0 saturated heterocycles. The van der Waals surface area contributed by atoms with Crippen molar-refractivity contribution in [3.63, 3.8) is 0 Å². The van der Waals surface area contributed by atoms with Gasteiger partial charge in [-0.15, -0.1) is 0 Å². The standard InChI is InChI=1S/C14H22N2O5S/c1-10-11(8-13(21-10)14(17)20-3)9-15-22(18,19)16(2)12-6-4-5-7-12/h8,12,15H,4-7,9H2,1-3H3. The van der Waals surface area contributed by atoms with Crippen molar-refractivity contribution < 1.29 is 22.4 Å². The third-order valence-corrected chi connectivity index (χ3v) is 5.64. The Bertz CT molecular complexity index is 632. The summed E-state index contributed by atoms with van der Waals surface area (Å²) in [5, 5.41) is 0. The van der Waals surface area contributed by atoms with Gasteiger partial charge in [0.05, 0.1) is 7.11 Å². The molecule has 1 aliphatic rings. The van der Waals surface area contributed by atoms with E-state index in [0.29, 0.717) is 11.3 Å². The van der Waals surface area contributed by atoms with Gasteiger partial charge < -0.3 is 9.15 Å². The number of furan rings is 1. The lowest BCUT2D eigenvalue weighted by Gasteiger charge is -2.23. The molecule has 0 bridgehead atoms. The molecule has 124 valence electrons. The predicted molar refractivity (Wildman–Crippen MR) is 80.6 cm³/mol. The predicted octanol–water partition coefficient (Wildman–Crippen LogP) is 1.58. The average Bonchev–Trinajstić information content (AvgIpc) is 3.13. The van der Waals surface area contributed by atoms with Crippen molar-refractivity contribution in [2.75, 3.05) is 14.2 Å². The fraction of sp³-hybridized carbons (Fsp3) is 0.643. The van der Waals surface area contributed by atoms with Crippen LogP contribution in [0.25, 0.3) is 0 Å². The Hall–Kier alpha value is -1.38. The van der Waals surface area contributed by atoms with Crippen LogP contribution in [-0.2, 0) is 21.5 Å². The fourth-order valence-corrected chi connectivity index (χ4v) is 3.78. The van der Waals surface area contributed by atoms with E-state index >= 15 is 0 Å². The van der Waals surface area contributed by atoms with Crippen LogP contribution in [0.4, 0.5) is 0 Å². The summed E-state index contributed by atoms with van der Waals surface area (Å²) in [6, 6.07) is 1.56. The summed E-state index contributed by atoms with van der Waals surface area (Å²) in [6.07, 6.45) is 3.92. The van der Waals surface area contributed by atoms with Gasteiger partial charge in [0.15, 0.2) is 0 Å². The number of methoxy groups -OCH3 is 1. The maximum absolute atomic E-state index is 12.3. The van der Waals surface area contributed by atoms with Gasteiger partial charge in [0.1, 0.15) is 5.76 Å². The number of carbonyl (C=O) groups excluding carboxylic acids is 1. The lowest BCUT2D eigenvalue weighted by atomic mass is 10.2. The molecular formula is C14H22N2O5S. The minimum atomic E-state index is -3.55. The second-order valence-electron chi connectivity index (χ2n) is 5.46. The van der Waals surface area contributed by atoms with E-state index in [4.69, 9.17) is 4.42 Å². The summed E-state index contributed by atoms with van der Waals surface area (Å²) in [5.41, 5.74) is 0.615. The largest absolute Gasteiger partial charge is 0.463 e. The number of rotatable bonds is 6. The summed E-state index contributed by atoms with van der Waals surface area (Å²) in [7, 11) is -0.689. The second kappa shape index (κ2) is 6.80. The number of esters is 1. The average molecular weight is 330 g/mol. The number of aryl methyl sites for hydroxylation is 1. The topological polar surface area (TPSA) is 88.8 Å². The zero-order chi connectivity index (χ0) is 16.3. The molecule has 22 heavy (non-hydrogen) atoms. The smallest absolute Gasteiger partial charge is 0.373 e. The van der Waals surface area contributed by atoms with Gasteiger partial charge in [-0.1, -0.05) is 12.8 Å². The molecule has 0 radical (unpaired) electrons. The van der Waals surface area contributed by atoms with E-state index in [1.54, 1.807) is 14.0 Å². The van der Waals surface area contributed by atoms with Crippen LogP contribution in [0.3, 0.4) is 0 Å². The van der Waals surface area contributed by atoms with Gasteiger partial charge in [0.2, 0.25) is 5.76 Å². The number of hydrogen-bond donors (Lipinski definition) is 1. The zero-order valence-electron chi connectivity index (χ0n) is 13.1. The van der Waals surface area contributed by atoms with Crippen LogP contribution in [0.15, 0.2) is 10.5 Å². The first kappa shape index (κ1) is 17.0. The van der Waals surface area contributed by atoms with Crippen molar-refractivity contribution in [3.05, 3.63) is 23.2 Å². The van der Waals surface area contributed by atoms with E-state index in [1.165, 1.54) is 17.5 Å². The van der Waals surface area contributed by atoms with Gasteiger partial charge in [0.25, 0.3) is 10.2 Å². The molecule has 1 saturated carbocycles. The molecule has 1 fully saturated rings. The minimum Gasteiger partial charge on any atom is -0.463 e. The van der Waals surface area contributed by atoms with Gasteiger partial charge in [-0.25, -0.2) is 4.79 Å². The normalized spacial score (nSPS) is 16.4. The molecule has 1 aromatic rings. The third-order valence-electron chi connectivity index (χ3n) is 4.07. The van der Waals surface area contributed by atoms with Crippen LogP contribution >= 0.6 is 0 Å². The number of carbonyl (C=O) groups is 1. The summed E-state index contributed by atoms with van der Waals surface area (Å²) in [6.45, 7) is 1.75. The molecule has 0 amide bonds. The SMILES string of the molecule is COC(=O)c1cc(CNS(=O)(=O)N(C)C2CCCC2)c(C)o1. The summed E-state index contributed by atoms with van der Waals surface area (Å²) >= 11 is 0. The summed E-state index contributed by atoms with van der Waals surface area (Å²) in [4.78, 5) is 11.4. The van der Waals surface area contributed by atoms with E-state index in [-0.39, 0.29) is 18.3 Å². The minimum absolute atomic E-state index is 0.0635. The van der Waals surface area contributed by atoms with Crippen molar-refractivity contribution in [3.8, 4) is 0 Å². The number of nitrogens with zero attached hydrogens (tertiary/aromatic N) is 1. The maximum Gasteiger partial charge on any atom is 0.373 e. The highest BCUT2D eigenvalue weighted by Gasteiger charge is 2.28. The Labute approximate surface area is 130 Å². The Morgan fingerprint density at radius 1 is 1.45 bits per heavy atom. The highest BCUT2D eigenvalue weighted by Crippen LogP contribution is 2.24. The molecule has 1 heterocycles. The van der Waals surface area contributed by atoms with Crippen LogP contribution in [-0.4, -0.2) is 38.9 Å². The van der Waals surface area contributed by atoms with Crippen LogP contribution in [0.1, 0.15) is 47.6 Å². The highest BCUT2D eigenvalue weighted by molar-refractivity contribution is 7.87.